The van der Waals surface area contributed by atoms with Gasteiger partial charge in [0, 0.05) is 12.7 Å². The summed E-state index contributed by atoms with van der Waals surface area (Å²) >= 11 is 0. The highest BCUT2D eigenvalue weighted by Gasteiger charge is 2.23. The normalized spacial score (nSPS) is 17.3. The molecule has 0 radical (unpaired) electrons. The van der Waals surface area contributed by atoms with Crippen LogP contribution in [0.3, 0.4) is 0 Å². The van der Waals surface area contributed by atoms with Crippen molar-refractivity contribution < 1.29 is 4.74 Å². The summed E-state index contributed by atoms with van der Waals surface area (Å²) in [6.45, 7) is 2.99. The molecule has 1 atom stereocenters. The van der Waals surface area contributed by atoms with E-state index in [4.69, 9.17) is 4.74 Å². The first-order valence-corrected chi connectivity index (χ1v) is 6.76. The third-order valence-corrected chi connectivity index (χ3v) is 3.73. The molecule has 19 heavy (non-hydrogen) atoms. The third kappa shape index (κ3) is 2.30. The Morgan fingerprint density at radius 1 is 1.47 bits per heavy atom. The lowest BCUT2D eigenvalue weighted by atomic mass is 10.1. The Bertz CT molecular complexity index is 577. The predicted octanol–water partition coefficient (Wildman–Crippen LogP) is 3.01. The van der Waals surface area contributed by atoms with Gasteiger partial charge in [-0.15, -0.1) is 0 Å². The van der Waals surface area contributed by atoms with Gasteiger partial charge in [0.05, 0.1) is 25.0 Å². The Hall–Kier alpha value is -1.97. The van der Waals surface area contributed by atoms with Crippen LogP contribution >= 0.6 is 0 Å². The average molecular weight is 257 g/mol. The second kappa shape index (κ2) is 4.96. The van der Waals surface area contributed by atoms with Gasteiger partial charge in [0.2, 0.25) is 0 Å². The van der Waals surface area contributed by atoms with Crippen molar-refractivity contribution in [1.82, 2.24) is 9.78 Å². The monoisotopic (exact) mass is 257 g/mol. The molecule has 0 spiro atoms. The summed E-state index contributed by atoms with van der Waals surface area (Å²) in [5, 5.41) is 7.86. The van der Waals surface area contributed by atoms with Gasteiger partial charge < -0.3 is 10.1 Å². The highest BCUT2D eigenvalue weighted by molar-refractivity contribution is 5.48. The molecule has 0 fully saturated rings. The number of methoxy groups -OCH3 is 1. The van der Waals surface area contributed by atoms with Gasteiger partial charge in [0.15, 0.2) is 0 Å². The molecule has 0 saturated heterocycles. The van der Waals surface area contributed by atoms with E-state index in [1.807, 2.05) is 16.9 Å². The quantitative estimate of drug-likeness (QED) is 0.915. The maximum Gasteiger partial charge on any atom is 0.119 e. The van der Waals surface area contributed by atoms with Crippen molar-refractivity contribution in [3.05, 3.63) is 41.7 Å². The lowest BCUT2D eigenvalue weighted by Crippen LogP contribution is -2.06. The largest absolute Gasteiger partial charge is 0.497 e. The fraction of sp³-hybridized carbons (Fsp3) is 0.400. The van der Waals surface area contributed by atoms with Crippen LogP contribution in [0.5, 0.6) is 5.75 Å². The van der Waals surface area contributed by atoms with Crippen molar-refractivity contribution in [2.75, 3.05) is 12.4 Å². The first-order valence-electron chi connectivity index (χ1n) is 6.76. The smallest absolute Gasteiger partial charge is 0.119 e. The standard InChI is InChI=1S/C15H19N3O/c1-3-18-10-12(9-16-18)17-15-7-5-11-4-6-13(19-2)8-14(11)15/h4,6,8-10,15,17H,3,5,7H2,1-2H3. The topological polar surface area (TPSA) is 39.1 Å². The van der Waals surface area contributed by atoms with Crippen LogP contribution < -0.4 is 10.1 Å². The van der Waals surface area contributed by atoms with Gasteiger partial charge in [-0.2, -0.15) is 5.10 Å². The van der Waals surface area contributed by atoms with Gasteiger partial charge >= 0.3 is 0 Å². The molecular weight excluding hydrogens is 238 g/mol. The number of fused-ring (bicyclic) bond motifs is 1. The molecule has 1 heterocycles. The van der Waals surface area contributed by atoms with E-state index in [-0.39, 0.29) is 0 Å². The van der Waals surface area contributed by atoms with Crippen LogP contribution in [0.2, 0.25) is 0 Å². The Morgan fingerprint density at radius 3 is 3.11 bits per heavy atom. The average Bonchev–Trinajstić information content (AvgIpc) is 3.06. The van der Waals surface area contributed by atoms with E-state index < -0.39 is 0 Å². The maximum atomic E-state index is 5.32. The molecule has 4 heteroatoms. The molecular formula is C15H19N3O. The van der Waals surface area contributed by atoms with E-state index in [0.717, 1.165) is 30.8 Å². The first kappa shape index (κ1) is 12.1. The van der Waals surface area contributed by atoms with Crippen LogP contribution in [0, 0.1) is 0 Å². The summed E-state index contributed by atoms with van der Waals surface area (Å²) in [5.41, 5.74) is 3.85. The number of rotatable bonds is 4. The minimum Gasteiger partial charge on any atom is -0.497 e. The summed E-state index contributed by atoms with van der Waals surface area (Å²) in [6, 6.07) is 6.71. The number of nitrogens with zero attached hydrogens (tertiary/aromatic N) is 2. The Kier molecular flexibility index (Phi) is 3.15. The molecule has 0 aliphatic heterocycles. The Morgan fingerprint density at radius 2 is 2.37 bits per heavy atom. The van der Waals surface area contributed by atoms with Crippen molar-refractivity contribution in [2.24, 2.45) is 0 Å². The van der Waals surface area contributed by atoms with Crippen LogP contribution in [0.4, 0.5) is 5.69 Å². The molecule has 1 N–H and O–H groups in total. The molecule has 1 unspecified atom stereocenters. The lowest BCUT2D eigenvalue weighted by Gasteiger charge is -2.14. The minimum absolute atomic E-state index is 0.361. The number of nitrogens with one attached hydrogen (secondary N) is 1. The number of anilines is 1. The number of benzene rings is 1. The summed E-state index contributed by atoms with van der Waals surface area (Å²) in [6.07, 6.45) is 6.19. The lowest BCUT2D eigenvalue weighted by molar-refractivity contribution is 0.414. The fourth-order valence-electron chi connectivity index (χ4n) is 2.67. The summed E-state index contributed by atoms with van der Waals surface area (Å²) in [5.74, 6) is 0.928. The molecule has 1 aromatic carbocycles. The molecule has 0 bridgehead atoms. The molecule has 100 valence electrons. The molecule has 2 aromatic rings. The van der Waals surface area contributed by atoms with Crippen molar-refractivity contribution in [1.29, 1.82) is 0 Å². The number of aryl methyl sites for hydroxylation is 2. The van der Waals surface area contributed by atoms with Gasteiger partial charge in [0.1, 0.15) is 5.75 Å². The zero-order valence-corrected chi connectivity index (χ0v) is 11.4. The van der Waals surface area contributed by atoms with Crippen LogP contribution in [-0.2, 0) is 13.0 Å². The minimum atomic E-state index is 0.361. The Balaban J connectivity index is 1.81. The summed E-state index contributed by atoms with van der Waals surface area (Å²) < 4.78 is 7.25. The number of hydrogen-bond donors (Lipinski definition) is 1. The van der Waals surface area contributed by atoms with E-state index >= 15 is 0 Å². The van der Waals surface area contributed by atoms with Crippen molar-refractivity contribution >= 4 is 5.69 Å². The van der Waals surface area contributed by atoms with Crippen LogP contribution in [0.15, 0.2) is 30.6 Å². The van der Waals surface area contributed by atoms with E-state index in [1.54, 1.807) is 7.11 Å². The molecule has 1 aliphatic carbocycles. The van der Waals surface area contributed by atoms with Gasteiger partial charge in [0.25, 0.3) is 0 Å². The van der Waals surface area contributed by atoms with Crippen LogP contribution in [0.1, 0.15) is 30.5 Å². The Labute approximate surface area is 113 Å². The molecule has 1 aromatic heterocycles. The summed E-state index contributed by atoms with van der Waals surface area (Å²) in [4.78, 5) is 0. The highest BCUT2D eigenvalue weighted by atomic mass is 16.5. The van der Waals surface area contributed by atoms with E-state index in [2.05, 4.69) is 35.7 Å². The predicted molar refractivity (Wildman–Crippen MR) is 75.6 cm³/mol. The van der Waals surface area contributed by atoms with Gasteiger partial charge in [-0.1, -0.05) is 6.07 Å². The fourth-order valence-corrected chi connectivity index (χ4v) is 2.67. The number of aromatic nitrogens is 2. The number of hydrogen-bond acceptors (Lipinski definition) is 3. The van der Waals surface area contributed by atoms with Crippen molar-refractivity contribution in [3.8, 4) is 5.75 Å². The van der Waals surface area contributed by atoms with E-state index in [9.17, 15) is 0 Å². The van der Waals surface area contributed by atoms with Crippen molar-refractivity contribution in [2.45, 2.75) is 32.4 Å². The zero-order chi connectivity index (χ0) is 13.2. The summed E-state index contributed by atoms with van der Waals surface area (Å²) in [7, 11) is 1.71. The van der Waals surface area contributed by atoms with Gasteiger partial charge in [-0.3, -0.25) is 4.68 Å². The first-order chi connectivity index (χ1) is 9.30. The van der Waals surface area contributed by atoms with Crippen LogP contribution in [-0.4, -0.2) is 16.9 Å². The molecule has 0 saturated carbocycles. The molecule has 1 aliphatic rings. The second-order valence-corrected chi connectivity index (χ2v) is 4.89. The molecule has 4 nitrogen and oxygen atoms in total. The van der Waals surface area contributed by atoms with E-state index in [0.29, 0.717) is 6.04 Å². The molecule has 0 amide bonds. The maximum absolute atomic E-state index is 5.32. The molecule has 3 rings (SSSR count). The van der Waals surface area contributed by atoms with Gasteiger partial charge in [-0.25, -0.2) is 0 Å². The van der Waals surface area contributed by atoms with Gasteiger partial charge in [-0.05, 0) is 43.0 Å². The number of ether oxygens (including phenoxy) is 1. The van der Waals surface area contributed by atoms with E-state index in [1.165, 1.54) is 11.1 Å². The SMILES string of the molecule is CCn1cc(NC2CCc3ccc(OC)cc32)cn1. The second-order valence-electron chi connectivity index (χ2n) is 4.89. The van der Waals surface area contributed by atoms with Crippen LogP contribution in [0.25, 0.3) is 0 Å². The zero-order valence-electron chi connectivity index (χ0n) is 11.4. The van der Waals surface area contributed by atoms with Crippen molar-refractivity contribution in [3.63, 3.8) is 0 Å². The highest BCUT2D eigenvalue weighted by Crippen LogP contribution is 2.35. The third-order valence-electron chi connectivity index (χ3n) is 3.73.